The Balaban J connectivity index is 3.44. The smallest absolute Gasteiger partial charge is 0.217 e. The third-order valence-corrected chi connectivity index (χ3v) is 4.90. The fourth-order valence-corrected chi connectivity index (χ4v) is 3.23. The van der Waals surface area contributed by atoms with Gasteiger partial charge < -0.3 is 4.55 Å². The summed E-state index contributed by atoms with van der Waals surface area (Å²) >= 11 is 0. The summed E-state index contributed by atoms with van der Waals surface area (Å²) in [5.74, 6) is 2.38. The van der Waals surface area contributed by atoms with Crippen molar-refractivity contribution in [2.24, 2.45) is 17.8 Å². The number of unbranched alkanes of at least 4 members (excludes halogenated alkanes) is 2. The van der Waals surface area contributed by atoms with Crippen LogP contribution in [0.1, 0.15) is 91.9 Å². The fraction of sp³-hybridized carbons (Fsp3) is 1.00. The van der Waals surface area contributed by atoms with Crippen LogP contribution in [0.3, 0.4) is 0 Å². The summed E-state index contributed by atoms with van der Waals surface area (Å²) < 4.78 is 35.0. The second-order valence-corrected chi connectivity index (χ2v) is 8.60. The SMILES string of the molecule is CC(C)CCCC(C)CCCC(C)CCCCCOS(=O)(=O)[O-]. The van der Waals surface area contributed by atoms with Gasteiger partial charge in [-0.2, -0.15) is 0 Å². The summed E-state index contributed by atoms with van der Waals surface area (Å²) in [6.07, 6.45) is 11.8. The lowest BCUT2D eigenvalue weighted by Gasteiger charge is -2.15. The largest absolute Gasteiger partial charge is 0.726 e. The van der Waals surface area contributed by atoms with Crippen LogP contribution in [0.25, 0.3) is 0 Å². The Morgan fingerprint density at radius 3 is 1.70 bits per heavy atom. The van der Waals surface area contributed by atoms with Crippen LogP contribution in [-0.4, -0.2) is 19.6 Å². The lowest BCUT2D eigenvalue weighted by Crippen LogP contribution is -2.05. The highest BCUT2D eigenvalue weighted by atomic mass is 32.3. The van der Waals surface area contributed by atoms with Crippen LogP contribution < -0.4 is 0 Å². The Morgan fingerprint density at radius 2 is 1.22 bits per heavy atom. The van der Waals surface area contributed by atoms with Crippen molar-refractivity contribution in [3.05, 3.63) is 0 Å². The second kappa shape index (κ2) is 13.2. The molecule has 140 valence electrons. The molecule has 0 saturated heterocycles. The molecular weight excluding hydrogens is 312 g/mol. The molecule has 0 heterocycles. The van der Waals surface area contributed by atoms with Gasteiger partial charge in [-0.05, 0) is 24.2 Å². The Hall–Kier alpha value is -0.130. The van der Waals surface area contributed by atoms with Crippen molar-refractivity contribution in [1.82, 2.24) is 0 Å². The molecule has 2 atom stereocenters. The van der Waals surface area contributed by atoms with Crippen molar-refractivity contribution in [2.45, 2.75) is 91.9 Å². The third kappa shape index (κ3) is 18.1. The molecule has 4 nitrogen and oxygen atoms in total. The van der Waals surface area contributed by atoms with E-state index in [-0.39, 0.29) is 6.61 Å². The van der Waals surface area contributed by atoms with Gasteiger partial charge in [-0.1, -0.05) is 85.5 Å². The zero-order chi connectivity index (χ0) is 17.7. The molecule has 5 heteroatoms. The molecule has 23 heavy (non-hydrogen) atoms. The molecule has 0 aromatic carbocycles. The minimum Gasteiger partial charge on any atom is -0.726 e. The lowest BCUT2D eigenvalue weighted by molar-refractivity contribution is 0.254. The molecule has 0 spiro atoms. The maximum Gasteiger partial charge on any atom is 0.217 e. The van der Waals surface area contributed by atoms with Gasteiger partial charge >= 0.3 is 0 Å². The maximum atomic E-state index is 10.3. The van der Waals surface area contributed by atoms with E-state index in [0.29, 0.717) is 6.42 Å². The normalized spacial score (nSPS) is 15.0. The minimum absolute atomic E-state index is 0.0219. The Labute approximate surface area is 144 Å². The van der Waals surface area contributed by atoms with Gasteiger partial charge in [0.25, 0.3) is 0 Å². The van der Waals surface area contributed by atoms with E-state index in [1.807, 2.05) is 0 Å². The van der Waals surface area contributed by atoms with Crippen molar-refractivity contribution in [3.63, 3.8) is 0 Å². The highest BCUT2D eigenvalue weighted by Crippen LogP contribution is 2.21. The van der Waals surface area contributed by atoms with Crippen molar-refractivity contribution >= 4 is 10.4 Å². The molecule has 0 aromatic heterocycles. The highest BCUT2D eigenvalue weighted by molar-refractivity contribution is 7.80. The highest BCUT2D eigenvalue weighted by Gasteiger charge is 2.06. The quantitative estimate of drug-likeness (QED) is 0.229. The van der Waals surface area contributed by atoms with Crippen LogP contribution >= 0.6 is 0 Å². The zero-order valence-corrected chi connectivity index (χ0v) is 16.4. The maximum absolute atomic E-state index is 10.3. The molecule has 0 aliphatic rings. The van der Waals surface area contributed by atoms with E-state index in [4.69, 9.17) is 0 Å². The van der Waals surface area contributed by atoms with Gasteiger partial charge in [0.2, 0.25) is 10.4 Å². The Kier molecular flexibility index (Phi) is 13.1. The van der Waals surface area contributed by atoms with E-state index < -0.39 is 10.4 Å². The Morgan fingerprint density at radius 1 is 0.739 bits per heavy atom. The molecular formula is C18H37O4S-. The molecule has 0 bridgehead atoms. The zero-order valence-electron chi connectivity index (χ0n) is 15.6. The van der Waals surface area contributed by atoms with Gasteiger partial charge in [0.1, 0.15) is 0 Å². The predicted molar refractivity (Wildman–Crippen MR) is 95.0 cm³/mol. The van der Waals surface area contributed by atoms with Crippen molar-refractivity contribution in [1.29, 1.82) is 0 Å². The van der Waals surface area contributed by atoms with Crippen LogP contribution in [-0.2, 0) is 14.6 Å². The Bertz CT molecular complexity index is 365. The average Bonchev–Trinajstić information content (AvgIpc) is 2.41. The number of hydrogen-bond acceptors (Lipinski definition) is 4. The van der Waals surface area contributed by atoms with Crippen molar-refractivity contribution in [2.75, 3.05) is 6.61 Å². The molecule has 0 amide bonds. The van der Waals surface area contributed by atoms with E-state index in [0.717, 1.165) is 30.6 Å². The molecule has 2 unspecified atom stereocenters. The van der Waals surface area contributed by atoms with E-state index in [2.05, 4.69) is 31.9 Å². The molecule has 0 N–H and O–H groups in total. The second-order valence-electron chi connectivity index (χ2n) is 7.55. The monoisotopic (exact) mass is 349 g/mol. The van der Waals surface area contributed by atoms with E-state index in [9.17, 15) is 13.0 Å². The first-order valence-electron chi connectivity index (χ1n) is 9.31. The molecule has 0 aliphatic heterocycles. The van der Waals surface area contributed by atoms with Gasteiger partial charge in [0.15, 0.2) is 0 Å². The van der Waals surface area contributed by atoms with Gasteiger partial charge in [-0.25, -0.2) is 8.42 Å². The molecule has 0 radical (unpaired) electrons. The first-order valence-corrected chi connectivity index (χ1v) is 10.6. The molecule has 0 saturated carbocycles. The summed E-state index contributed by atoms with van der Waals surface area (Å²) in [6.45, 7) is 9.27. The molecule has 0 rings (SSSR count). The molecule has 0 aromatic rings. The fourth-order valence-electron chi connectivity index (χ4n) is 2.91. The lowest BCUT2D eigenvalue weighted by atomic mass is 9.92. The number of hydrogen-bond donors (Lipinski definition) is 0. The van der Waals surface area contributed by atoms with Gasteiger partial charge in [0.05, 0.1) is 6.61 Å². The summed E-state index contributed by atoms with van der Waals surface area (Å²) in [5.41, 5.74) is 0. The first-order chi connectivity index (χ1) is 10.7. The summed E-state index contributed by atoms with van der Waals surface area (Å²) in [7, 11) is -4.51. The van der Waals surface area contributed by atoms with Gasteiger partial charge in [0, 0.05) is 0 Å². The van der Waals surface area contributed by atoms with Gasteiger partial charge in [-0.15, -0.1) is 0 Å². The van der Waals surface area contributed by atoms with Crippen LogP contribution in [0.15, 0.2) is 0 Å². The third-order valence-electron chi connectivity index (χ3n) is 4.44. The molecule has 0 aliphatic carbocycles. The predicted octanol–water partition coefficient (Wildman–Crippen LogP) is 5.29. The standard InChI is InChI=1S/C18H38O4S/c1-16(2)10-8-12-18(4)14-9-13-17(3)11-6-5-7-15-22-23(19,20)21/h16-18H,5-15H2,1-4H3,(H,19,20,21)/p-1. The summed E-state index contributed by atoms with van der Waals surface area (Å²) in [4.78, 5) is 0. The van der Waals surface area contributed by atoms with Crippen molar-refractivity contribution in [3.8, 4) is 0 Å². The van der Waals surface area contributed by atoms with E-state index >= 15 is 0 Å². The van der Waals surface area contributed by atoms with Crippen LogP contribution in [0, 0.1) is 17.8 Å². The van der Waals surface area contributed by atoms with Gasteiger partial charge in [-0.3, -0.25) is 4.18 Å². The molecule has 0 fully saturated rings. The van der Waals surface area contributed by atoms with Crippen molar-refractivity contribution < 1.29 is 17.2 Å². The van der Waals surface area contributed by atoms with Crippen LogP contribution in [0.5, 0.6) is 0 Å². The van der Waals surface area contributed by atoms with Crippen LogP contribution in [0.4, 0.5) is 0 Å². The summed E-state index contributed by atoms with van der Waals surface area (Å²) in [6, 6.07) is 0. The summed E-state index contributed by atoms with van der Waals surface area (Å²) in [5, 5.41) is 0. The minimum atomic E-state index is -4.51. The van der Waals surface area contributed by atoms with E-state index in [1.54, 1.807) is 0 Å². The average molecular weight is 350 g/mol. The topological polar surface area (TPSA) is 66.4 Å². The van der Waals surface area contributed by atoms with E-state index in [1.165, 1.54) is 44.9 Å². The number of rotatable bonds is 15. The van der Waals surface area contributed by atoms with Crippen LogP contribution in [0.2, 0.25) is 0 Å². The first kappa shape index (κ1) is 22.9.